The molecule has 0 aliphatic carbocycles. The Balaban J connectivity index is 2.99. The second-order valence-corrected chi connectivity index (χ2v) is 8.62. The zero-order valence-electron chi connectivity index (χ0n) is 12.5. The molecule has 1 aromatic rings. The van der Waals surface area contributed by atoms with E-state index in [2.05, 4.69) is 5.32 Å². The first-order valence-electron chi connectivity index (χ1n) is 6.45. The van der Waals surface area contributed by atoms with Gasteiger partial charge in [0.15, 0.2) is 0 Å². The number of benzene rings is 1. The van der Waals surface area contributed by atoms with Crippen LogP contribution in [0.5, 0.6) is 0 Å². The van der Waals surface area contributed by atoms with Crippen LogP contribution in [0.3, 0.4) is 0 Å². The molecule has 7 heteroatoms. The van der Waals surface area contributed by atoms with Gasteiger partial charge >= 0.3 is 0 Å². The highest BCUT2D eigenvalue weighted by Gasteiger charge is 2.20. The van der Waals surface area contributed by atoms with E-state index in [4.69, 9.17) is 10.7 Å². The highest BCUT2D eigenvalue weighted by molar-refractivity contribution is 8.13. The molecule has 0 aliphatic rings. The lowest BCUT2D eigenvalue weighted by molar-refractivity contribution is 0.0949. The molecule has 0 saturated carbocycles. The zero-order valence-corrected chi connectivity index (χ0v) is 14.0. The lowest BCUT2D eigenvalue weighted by atomic mass is 9.92. The fourth-order valence-corrected chi connectivity index (χ4v) is 2.90. The van der Waals surface area contributed by atoms with Gasteiger partial charge in [-0.25, -0.2) is 12.8 Å². The van der Waals surface area contributed by atoms with Crippen LogP contribution in [0.4, 0.5) is 4.39 Å². The molecule has 1 amide bonds. The van der Waals surface area contributed by atoms with E-state index in [9.17, 15) is 17.6 Å². The molecule has 0 unspecified atom stereocenters. The summed E-state index contributed by atoms with van der Waals surface area (Å²) in [6.07, 6.45) is 0.744. The maximum Gasteiger partial charge on any atom is 0.261 e. The molecule has 0 spiro atoms. The highest BCUT2D eigenvalue weighted by atomic mass is 35.7. The summed E-state index contributed by atoms with van der Waals surface area (Å²) in [6, 6.07) is 2.10. The molecule has 0 aromatic heterocycles. The molecular formula is C14H19ClFNO3S. The van der Waals surface area contributed by atoms with Gasteiger partial charge in [0.25, 0.3) is 15.0 Å². The minimum absolute atomic E-state index is 0.0520. The maximum absolute atomic E-state index is 13.7. The Morgan fingerprint density at radius 3 is 2.38 bits per heavy atom. The van der Waals surface area contributed by atoms with Gasteiger partial charge in [0.05, 0.1) is 4.90 Å². The Morgan fingerprint density at radius 1 is 1.33 bits per heavy atom. The van der Waals surface area contributed by atoms with Crippen LogP contribution >= 0.6 is 10.7 Å². The molecule has 0 radical (unpaired) electrons. The van der Waals surface area contributed by atoms with Gasteiger partial charge in [0.1, 0.15) is 5.82 Å². The van der Waals surface area contributed by atoms with E-state index in [1.54, 1.807) is 0 Å². The molecular weight excluding hydrogens is 317 g/mol. The van der Waals surface area contributed by atoms with Crippen molar-refractivity contribution in [3.8, 4) is 0 Å². The summed E-state index contributed by atoms with van der Waals surface area (Å²) in [4.78, 5) is 11.6. The van der Waals surface area contributed by atoms with E-state index < -0.39 is 20.8 Å². The number of rotatable bonds is 4. The van der Waals surface area contributed by atoms with Gasteiger partial charge in [-0.05, 0) is 30.9 Å². The maximum atomic E-state index is 13.7. The van der Waals surface area contributed by atoms with Crippen molar-refractivity contribution in [1.82, 2.24) is 5.32 Å². The van der Waals surface area contributed by atoms with Crippen molar-refractivity contribution >= 4 is 25.6 Å². The van der Waals surface area contributed by atoms with Crippen LogP contribution in [0.2, 0.25) is 0 Å². The van der Waals surface area contributed by atoms with Crippen molar-refractivity contribution in [2.75, 3.05) is 6.54 Å². The summed E-state index contributed by atoms with van der Waals surface area (Å²) in [6.45, 7) is 7.81. The number of nitrogens with one attached hydrogen (secondary N) is 1. The Morgan fingerprint density at radius 2 is 1.90 bits per heavy atom. The largest absolute Gasteiger partial charge is 0.352 e. The van der Waals surface area contributed by atoms with Crippen LogP contribution in [0.25, 0.3) is 0 Å². The molecule has 0 aliphatic heterocycles. The Kier molecular flexibility index (Phi) is 5.39. The predicted molar refractivity (Wildman–Crippen MR) is 80.6 cm³/mol. The van der Waals surface area contributed by atoms with Crippen molar-refractivity contribution in [2.24, 2.45) is 5.41 Å². The van der Waals surface area contributed by atoms with Gasteiger partial charge in [-0.2, -0.15) is 0 Å². The molecule has 21 heavy (non-hydrogen) atoms. The second-order valence-electron chi connectivity index (χ2n) is 6.09. The van der Waals surface area contributed by atoms with E-state index in [-0.39, 0.29) is 21.4 Å². The first kappa shape index (κ1) is 17.9. The lowest BCUT2D eigenvalue weighted by Crippen LogP contribution is -2.27. The lowest BCUT2D eigenvalue weighted by Gasteiger charge is -2.18. The number of hydrogen-bond donors (Lipinski definition) is 1. The van der Waals surface area contributed by atoms with Crippen LogP contribution in [0, 0.1) is 18.2 Å². The SMILES string of the molecule is Cc1c(F)cc(C(=O)NCCC(C)(C)C)cc1S(=O)(=O)Cl. The topological polar surface area (TPSA) is 63.2 Å². The summed E-state index contributed by atoms with van der Waals surface area (Å²) in [5, 5.41) is 2.64. The standard InChI is InChI=1S/C14H19ClFNO3S/c1-9-11(16)7-10(8-12(9)21(15,19)20)13(18)17-6-5-14(2,3)4/h7-8H,5-6H2,1-4H3,(H,17,18). The molecule has 1 aromatic carbocycles. The first-order valence-corrected chi connectivity index (χ1v) is 8.76. The van der Waals surface area contributed by atoms with Gasteiger partial charge in [0.2, 0.25) is 0 Å². The average molecular weight is 336 g/mol. The summed E-state index contributed by atoms with van der Waals surface area (Å²) in [5.74, 6) is -1.31. The number of hydrogen-bond acceptors (Lipinski definition) is 3. The van der Waals surface area contributed by atoms with E-state index in [0.717, 1.165) is 18.6 Å². The third kappa shape index (κ3) is 5.28. The molecule has 0 atom stereocenters. The summed E-state index contributed by atoms with van der Waals surface area (Å²) in [5.41, 5.74) is -0.112. The third-order valence-electron chi connectivity index (χ3n) is 2.98. The number of carbonyl (C=O) groups is 1. The Bertz CT molecular complexity index is 651. The van der Waals surface area contributed by atoms with Gasteiger partial charge in [-0.15, -0.1) is 0 Å². The summed E-state index contributed by atoms with van der Waals surface area (Å²) >= 11 is 0. The van der Waals surface area contributed by atoms with Crippen molar-refractivity contribution in [3.63, 3.8) is 0 Å². The highest BCUT2D eigenvalue weighted by Crippen LogP contribution is 2.24. The van der Waals surface area contributed by atoms with Crippen molar-refractivity contribution < 1.29 is 17.6 Å². The molecule has 0 heterocycles. The van der Waals surface area contributed by atoms with Gasteiger partial charge in [-0.1, -0.05) is 20.8 Å². The average Bonchev–Trinajstić information content (AvgIpc) is 2.29. The van der Waals surface area contributed by atoms with Crippen LogP contribution in [0.1, 0.15) is 43.1 Å². The normalized spacial score (nSPS) is 12.3. The third-order valence-corrected chi connectivity index (χ3v) is 4.43. The predicted octanol–water partition coefficient (Wildman–Crippen LogP) is 3.23. The minimum atomic E-state index is -4.10. The second kappa shape index (κ2) is 6.32. The fourth-order valence-electron chi connectivity index (χ4n) is 1.69. The molecule has 118 valence electrons. The molecule has 4 nitrogen and oxygen atoms in total. The monoisotopic (exact) mass is 335 g/mol. The zero-order chi connectivity index (χ0) is 16.4. The Labute approximate surface area is 129 Å². The van der Waals surface area contributed by atoms with Gasteiger partial charge in [-0.3, -0.25) is 4.79 Å². The smallest absolute Gasteiger partial charge is 0.261 e. The quantitative estimate of drug-likeness (QED) is 0.859. The van der Waals surface area contributed by atoms with E-state index >= 15 is 0 Å². The number of halogens is 2. The summed E-state index contributed by atoms with van der Waals surface area (Å²) in [7, 11) is 1.15. The van der Waals surface area contributed by atoms with Crippen molar-refractivity contribution in [1.29, 1.82) is 0 Å². The molecule has 0 bridgehead atoms. The van der Waals surface area contributed by atoms with Crippen molar-refractivity contribution in [3.05, 3.63) is 29.1 Å². The molecule has 1 rings (SSSR count). The van der Waals surface area contributed by atoms with Crippen LogP contribution < -0.4 is 5.32 Å². The molecule has 0 saturated heterocycles. The van der Waals surface area contributed by atoms with E-state index in [0.29, 0.717) is 6.54 Å². The van der Waals surface area contributed by atoms with E-state index in [1.165, 1.54) is 6.92 Å². The number of amides is 1. The van der Waals surface area contributed by atoms with Crippen LogP contribution in [-0.4, -0.2) is 20.9 Å². The summed E-state index contributed by atoms with van der Waals surface area (Å²) < 4.78 is 36.5. The van der Waals surface area contributed by atoms with Gasteiger partial charge in [0, 0.05) is 28.4 Å². The minimum Gasteiger partial charge on any atom is -0.352 e. The van der Waals surface area contributed by atoms with E-state index in [1.807, 2.05) is 20.8 Å². The Hall–Kier alpha value is -1.14. The van der Waals surface area contributed by atoms with Crippen molar-refractivity contribution in [2.45, 2.75) is 39.0 Å². The fraction of sp³-hybridized carbons (Fsp3) is 0.500. The first-order chi connectivity index (χ1) is 9.42. The molecule has 0 fully saturated rings. The van der Waals surface area contributed by atoms with Crippen LogP contribution in [0.15, 0.2) is 17.0 Å². The van der Waals surface area contributed by atoms with Gasteiger partial charge < -0.3 is 5.32 Å². The molecule has 1 N–H and O–H groups in total. The van der Waals surface area contributed by atoms with Crippen LogP contribution in [-0.2, 0) is 9.05 Å². The number of carbonyl (C=O) groups excluding carboxylic acids is 1.